The fraction of sp³-hybridized carbons (Fsp3) is 0.765. The highest BCUT2D eigenvalue weighted by atomic mass is 16.5. The van der Waals surface area contributed by atoms with Crippen molar-refractivity contribution in [2.75, 3.05) is 32.9 Å². The molecule has 0 bridgehead atoms. The number of rotatable bonds is 4. The van der Waals surface area contributed by atoms with Gasteiger partial charge in [-0.15, -0.1) is 0 Å². The summed E-state index contributed by atoms with van der Waals surface area (Å²) in [6.45, 7) is 4.42. The number of fused-ring (bicyclic) bond motifs is 1. The first-order valence-corrected chi connectivity index (χ1v) is 8.94. The van der Waals surface area contributed by atoms with Crippen LogP contribution in [-0.2, 0) is 16.5 Å². The number of carbonyl (C=O) groups excluding carboxylic acids is 1. The third-order valence-electron chi connectivity index (χ3n) is 5.49. The van der Waals surface area contributed by atoms with Crippen LogP contribution in [0.15, 0.2) is 12.4 Å². The Labute approximate surface area is 142 Å². The topological polar surface area (TPSA) is 68.6 Å². The average Bonchev–Trinajstić information content (AvgIpc) is 3.30. The summed E-state index contributed by atoms with van der Waals surface area (Å²) in [5.41, 5.74) is 0. The summed E-state index contributed by atoms with van der Waals surface area (Å²) in [6.07, 6.45) is 6.90. The van der Waals surface area contributed by atoms with E-state index in [1.54, 1.807) is 17.0 Å². The van der Waals surface area contributed by atoms with Gasteiger partial charge in [0.15, 0.2) is 5.82 Å². The minimum Gasteiger partial charge on any atom is -0.381 e. The van der Waals surface area contributed by atoms with Crippen molar-refractivity contribution in [3.8, 4) is 0 Å². The van der Waals surface area contributed by atoms with Crippen LogP contribution in [-0.4, -0.2) is 71.5 Å². The molecule has 0 spiro atoms. The highest BCUT2D eigenvalue weighted by Crippen LogP contribution is 2.30. The van der Waals surface area contributed by atoms with Crippen LogP contribution in [0.25, 0.3) is 0 Å². The van der Waals surface area contributed by atoms with E-state index in [0.717, 1.165) is 52.2 Å². The Hall–Kier alpha value is -1.44. The number of aromatic nitrogens is 2. The van der Waals surface area contributed by atoms with Crippen molar-refractivity contribution >= 4 is 5.91 Å². The van der Waals surface area contributed by atoms with E-state index in [9.17, 15) is 4.79 Å². The molecule has 1 aromatic heterocycles. The molecule has 3 saturated heterocycles. The van der Waals surface area contributed by atoms with Crippen molar-refractivity contribution in [3.05, 3.63) is 18.2 Å². The fourth-order valence-corrected chi connectivity index (χ4v) is 4.27. The largest absolute Gasteiger partial charge is 0.381 e. The summed E-state index contributed by atoms with van der Waals surface area (Å²) >= 11 is 0. The lowest BCUT2D eigenvalue weighted by molar-refractivity contribution is -0.0220. The maximum absolute atomic E-state index is 12.5. The van der Waals surface area contributed by atoms with Crippen molar-refractivity contribution in [2.45, 2.75) is 37.5 Å². The minimum atomic E-state index is -0.119. The number of amides is 1. The molecule has 1 aromatic rings. The van der Waals surface area contributed by atoms with Crippen molar-refractivity contribution in [1.29, 1.82) is 0 Å². The number of likely N-dealkylation sites (tertiary alicyclic amines) is 1. The zero-order valence-corrected chi connectivity index (χ0v) is 14.2. The molecule has 0 unspecified atom stereocenters. The van der Waals surface area contributed by atoms with Crippen LogP contribution in [0.3, 0.4) is 0 Å². The second kappa shape index (κ2) is 6.82. The van der Waals surface area contributed by atoms with E-state index >= 15 is 0 Å². The maximum Gasteiger partial charge on any atom is 0.287 e. The molecule has 1 N–H and O–H groups in total. The highest BCUT2D eigenvalue weighted by Gasteiger charge is 2.45. The molecule has 0 radical (unpaired) electrons. The first-order chi connectivity index (χ1) is 11.7. The van der Waals surface area contributed by atoms with Gasteiger partial charge in [0.25, 0.3) is 5.91 Å². The predicted molar refractivity (Wildman–Crippen MR) is 87.7 cm³/mol. The monoisotopic (exact) mass is 334 g/mol. The summed E-state index contributed by atoms with van der Waals surface area (Å²) in [7, 11) is 1.84. The van der Waals surface area contributed by atoms with Gasteiger partial charge in [-0.25, -0.2) is 4.98 Å². The Morgan fingerprint density at radius 2 is 2.33 bits per heavy atom. The number of hydrogen-bond acceptors (Lipinski definition) is 5. The SMILES string of the molecule is Cn1ccnc1C(=O)N[C@@H]1CN(C[C@@H]2CCOC2)[C@@H]2CCCO[C@@H]21. The molecule has 7 nitrogen and oxygen atoms in total. The van der Waals surface area contributed by atoms with Crippen LogP contribution in [0.5, 0.6) is 0 Å². The molecule has 24 heavy (non-hydrogen) atoms. The smallest absolute Gasteiger partial charge is 0.287 e. The highest BCUT2D eigenvalue weighted by molar-refractivity contribution is 5.91. The third-order valence-corrected chi connectivity index (χ3v) is 5.49. The molecule has 3 fully saturated rings. The van der Waals surface area contributed by atoms with Gasteiger partial charge < -0.3 is 19.4 Å². The Kier molecular flexibility index (Phi) is 4.56. The van der Waals surface area contributed by atoms with Crippen LogP contribution in [0.4, 0.5) is 0 Å². The van der Waals surface area contributed by atoms with E-state index in [1.165, 1.54) is 0 Å². The van der Waals surface area contributed by atoms with E-state index < -0.39 is 0 Å². The van der Waals surface area contributed by atoms with Crippen LogP contribution in [0.1, 0.15) is 29.9 Å². The number of carbonyl (C=O) groups is 1. The van der Waals surface area contributed by atoms with E-state index in [4.69, 9.17) is 9.47 Å². The lowest BCUT2D eigenvalue weighted by Gasteiger charge is -2.33. The van der Waals surface area contributed by atoms with Gasteiger partial charge in [0.2, 0.25) is 0 Å². The Bertz CT molecular complexity index is 584. The van der Waals surface area contributed by atoms with Gasteiger partial charge in [0, 0.05) is 51.8 Å². The van der Waals surface area contributed by atoms with Gasteiger partial charge in [-0.1, -0.05) is 0 Å². The zero-order valence-electron chi connectivity index (χ0n) is 14.2. The Morgan fingerprint density at radius 1 is 1.42 bits per heavy atom. The fourth-order valence-electron chi connectivity index (χ4n) is 4.27. The van der Waals surface area contributed by atoms with Crippen molar-refractivity contribution < 1.29 is 14.3 Å². The average molecular weight is 334 g/mol. The summed E-state index contributed by atoms with van der Waals surface area (Å²) in [6, 6.07) is 0.438. The standard InChI is InChI=1S/C17H26N4O3/c1-20-6-5-18-16(20)17(22)19-13-10-21(9-12-4-8-23-11-12)14-3-2-7-24-15(13)14/h5-6,12-15H,2-4,7-11H2,1H3,(H,19,22)/t12-,13+,14+,15+/m0/s1. The summed E-state index contributed by atoms with van der Waals surface area (Å²) in [5.74, 6) is 0.938. The number of nitrogens with one attached hydrogen (secondary N) is 1. The van der Waals surface area contributed by atoms with Gasteiger partial charge >= 0.3 is 0 Å². The van der Waals surface area contributed by atoms with E-state index in [2.05, 4.69) is 15.2 Å². The molecule has 3 aliphatic rings. The molecule has 132 valence electrons. The van der Waals surface area contributed by atoms with Gasteiger partial charge in [0.05, 0.1) is 18.8 Å². The number of ether oxygens (including phenoxy) is 2. The van der Waals surface area contributed by atoms with E-state index in [-0.39, 0.29) is 18.1 Å². The maximum atomic E-state index is 12.5. The van der Waals surface area contributed by atoms with Crippen LogP contribution >= 0.6 is 0 Å². The van der Waals surface area contributed by atoms with Gasteiger partial charge in [-0.3, -0.25) is 9.69 Å². The predicted octanol–water partition coefficient (Wildman–Crippen LogP) is 0.418. The summed E-state index contributed by atoms with van der Waals surface area (Å²) in [4.78, 5) is 19.2. The van der Waals surface area contributed by atoms with E-state index in [1.807, 2.05) is 7.05 Å². The number of nitrogens with zero attached hydrogens (tertiary/aromatic N) is 3. The molecule has 4 heterocycles. The Morgan fingerprint density at radius 3 is 3.08 bits per heavy atom. The minimum absolute atomic E-state index is 0.0295. The van der Waals surface area contributed by atoms with Crippen molar-refractivity contribution in [3.63, 3.8) is 0 Å². The Balaban J connectivity index is 1.44. The zero-order chi connectivity index (χ0) is 16.5. The van der Waals surface area contributed by atoms with Crippen LogP contribution in [0, 0.1) is 5.92 Å². The first-order valence-electron chi connectivity index (χ1n) is 8.94. The molecule has 0 aromatic carbocycles. The van der Waals surface area contributed by atoms with Crippen LogP contribution < -0.4 is 5.32 Å². The molecular weight excluding hydrogens is 308 g/mol. The van der Waals surface area contributed by atoms with Crippen molar-refractivity contribution in [1.82, 2.24) is 19.8 Å². The second-order valence-corrected chi connectivity index (χ2v) is 7.17. The summed E-state index contributed by atoms with van der Waals surface area (Å²) < 4.78 is 13.3. The van der Waals surface area contributed by atoms with Gasteiger partial charge in [0.1, 0.15) is 0 Å². The molecule has 4 atom stereocenters. The van der Waals surface area contributed by atoms with Crippen LogP contribution in [0.2, 0.25) is 0 Å². The number of hydrogen-bond donors (Lipinski definition) is 1. The molecule has 4 rings (SSSR count). The van der Waals surface area contributed by atoms with Crippen molar-refractivity contribution in [2.24, 2.45) is 13.0 Å². The molecular formula is C17H26N4O3. The molecule has 0 saturated carbocycles. The quantitative estimate of drug-likeness (QED) is 0.864. The van der Waals surface area contributed by atoms with Gasteiger partial charge in [-0.2, -0.15) is 0 Å². The molecule has 0 aliphatic carbocycles. The lowest BCUT2D eigenvalue weighted by Crippen LogP contribution is -2.48. The number of imidazole rings is 1. The lowest BCUT2D eigenvalue weighted by atomic mass is 10.00. The third kappa shape index (κ3) is 3.08. The number of aryl methyl sites for hydroxylation is 1. The van der Waals surface area contributed by atoms with Gasteiger partial charge in [-0.05, 0) is 25.2 Å². The molecule has 3 aliphatic heterocycles. The molecule has 7 heteroatoms. The second-order valence-electron chi connectivity index (χ2n) is 7.17. The van der Waals surface area contributed by atoms with E-state index in [0.29, 0.717) is 17.8 Å². The molecule has 1 amide bonds. The summed E-state index contributed by atoms with van der Waals surface area (Å²) in [5, 5.41) is 3.16. The normalized spacial score (nSPS) is 33.5. The first kappa shape index (κ1) is 16.1.